The summed E-state index contributed by atoms with van der Waals surface area (Å²) in [5.74, 6) is 1.26. The van der Waals surface area contributed by atoms with Crippen molar-refractivity contribution in [2.24, 2.45) is 5.10 Å². The summed E-state index contributed by atoms with van der Waals surface area (Å²) >= 11 is 0. The van der Waals surface area contributed by atoms with Gasteiger partial charge in [-0.15, -0.1) is 0 Å². The molecule has 0 spiro atoms. The minimum atomic E-state index is -0.231. The Kier molecular flexibility index (Phi) is 8.00. The first-order valence-electron chi connectivity index (χ1n) is 11.9. The SMILES string of the molecule is COc1ccc(CN(C)C(=O)CCC(=O)N2N=C(c3ccccc3)CC2c2ccc(OC)cc2)cc1. The molecule has 1 unspecified atom stereocenters. The third kappa shape index (κ3) is 5.92. The van der Waals surface area contributed by atoms with E-state index in [1.165, 1.54) is 0 Å². The number of rotatable bonds is 9. The van der Waals surface area contributed by atoms with Gasteiger partial charge >= 0.3 is 0 Å². The van der Waals surface area contributed by atoms with Crippen molar-refractivity contribution in [3.63, 3.8) is 0 Å². The van der Waals surface area contributed by atoms with Crippen molar-refractivity contribution in [1.29, 1.82) is 0 Å². The van der Waals surface area contributed by atoms with Crippen LogP contribution in [0.3, 0.4) is 0 Å². The molecule has 4 rings (SSSR count). The van der Waals surface area contributed by atoms with E-state index in [-0.39, 0.29) is 30.7 Å². The number of amides is 2. The minimum absolute atomic E-state index is 0.0873. The third-order valence-corrected chi connectivity index (χ3v) is 6.33. The Morgan fingerprint density at radius 3 is 2.11 bits per heavy atom. The molecule has 0 saturated carbocycles. The van der Waals surface area contributed by atoms with Crippen LogP contribution in [0.5, 0.6) is 11.5 Å². The highest BCUT2D eigenvalue weighted by Crippen LogP contribution is 2.34. The van der Waals surface area contributed by atoms with Crippen molar-refractivity contribution in [3.05, 3.63) is 95.6 Å². The molecule has 0 aromatic heterocycles. The first-order chi connectivity index (χ1) is 17.5. The van der Waals surface area contributed by atoms with Gasteiger partial charge in [0.25, 0.3) is 0 Å². The van der Waals surface area contributed by atoms with Crippen molar-refractivity contribution in [3.8, 4) is 11.5 Å². The summed E-state index contributed by atoms with van der Waals surface area (Å²) in [6.07, 6.45) is 0.810. The fraction of sp³-hybridized carbons (Fsp3) is 0.276. The highest BCUT2D eigenvalue weighted by atomic mass is 16.5. The smallest absolute Gasteiger partial charge is 0.243 e. The predicted octanol–water partition coefficient (Wildman–Crippen LogP) is 4.82. The van der Waals surface area contributed by atoms with Gasteiger partial charge in [-0.25, -0.2) is 5.01 Å². The number of hydrazone groups is 1. The fourth-order valence-corrected chi connectivity index (χ4v) is 4.24. The van der Waals surface area contributed by atoms with Crippen molar-refractivity contribution in [1.82, 2.24) is 9.91 Å². The third-order valence-electron chi connectivity index (χ3n) is 6.33. The first kappa shape index (κ1) is 25.0. The molecule has 1 aliphatic rings. The molecule has 0 aliphatic carbocycles. The van der Waals surface area contributed by atoms with Gasteiger partial charge in [-0.3, -0.25) is 9.59 Å². The summed E-state index contributed by atoms with van der Waals surface area (Å²) < 4.78 is 10.5. The molecule has 1 atom stereocenters. The zero-order valence-electron chi connectivity index (χ0n) is 20.9. The van der Waals surface area contributed by atoms with Crippen molar-refractivity contribution < 1.29 is 19.1 Å². The van der Waals surface area contributed by atoms with E-state index in [9.17, 15) is 9.59 Å². The number of hydrogen-bond acceptors (Lipinski definition) is 5. The summed E-state index contributed by atoms with van der Waals surface area (Å²) in [6.45, 7) is 0.464. The largest absolute Gasteiger partial charge is 0.497 e. The first-order valence-corrected chi connectivity index (χ1v) is 11.9. The Morgan fingerprint density at radius 2 is 1.50 bits per heavy atom. The van der Waals surface area contributed by atoms with Crippen LogP contribution in [-0.2, 0) is 16.1 Å². The zero-order chi connectivity index (χ0) is 25.5. The second-order valence-corrected chi connectivity index (χ2v) is 8.74. The van der Waals surface area contributed by atoms with Gasteiger partial charge in [0.15, 0.2) is 0 Å². The Balaban J connectivity index is 1.44. The maximum atomic E-state index is 13.3. The summed E-state index contributed by atoms with van der Waals surface area (Å²) in [5, 5.41) is 6.24. The number of nitrogens with zero attached hydrogens (tertiary/aromatic N) is 3. The van der Waals surface area contributed by atoms with Crippen LogP contribution in [0.2, 0.25) is 0 Å². The molecule has 3 aromatic rings. The number of methoxy groups -OCH3 is 2. The molecule has 7 nitrogen and oxygen atoms in total. The van der Waals surface area contributed by atoms with E-state index in [2.05, 4.69) is 0 Å². The lowest BCUT2D eigenvalue weighted by Crippen LogP contribution is -2.30. The standard InChI is InChI=1S/C29H31N3O4/c1-31(20-21-9-13-24(35-2)14-10-21)28(33)17-18-29(34)32-27(23-11-15-25(36-3)16-12-23)19-26(30-32)22-7-5-4-6-8-22/h4-16,27H,17-20H2,1-3H3. The van der Waals surface area contributed by atoms with Crippen LogP contribution >= 0.6 is 0 Å². The van der Waals surface area contributed by atoms with E-state index < -0.39 is 0 Å². The fourth-order valence-electron chi connectivity index (χ4n) is 4.24. The average Bonchev–Trinajstić information content (AvgIpc) is 3.38. The molecule has 2 amide bonds. The lowest BCUT2D eigenvalue weighted by molar-refractivity contribution is -0.137. The van der Waals surface area contributed by atoms with Crippen molar-refractivity contribution >= 4 is 17.5 Å². The maximum absolute atomic E-state index is 13.3. The van der Waals surface area contributed by atoms with Gasteiger partial charge in [-0.1, -0.05) is 54.6 Å². The summed E-state index contributed by atoms with van der Waals surface area (Å²) in [6, 6.07) is 24.9. The molecule has 0 radical (unpaired) electrons. The Hall–Kier alpha value is -4.13. The van der Waals surface area contributed by atoms with E-state index in [4.69, 9.17) is 14.6 Å². The van der Waals surface area contributed by atoms with Gasteiger partial charge in [0.05, 0.1) is 26.0 Å². The highest BCUT2D eigenvalue weighted by Gasteiger charge is 2.33. The molecule has 186 valence electrons. The number of ether oxygens (including phenoxy) is 2. The van der Waals surface area contributed by atoms with Gasteiger partial charge in [-0.2, -0.15) is 5.10 Å². The van der Waals surface area contributed by atoms with Crippen LogP contribution in [0.15, 0.2) is 84.0 Å². The highest BCUT2D eigenvalue weighted by molar-refractivity contribution is 6.03. The van der Waals surface area contributed by atoms with Crippen LogP contribution in [-0.4, -0.2) is 48.7 Å². The normalized spacial score (nSPS) is 14.8. The molecule has 0 bridgehead atoms. The monoisotopic (exact) mass is 485 g/mol. The molecular formula is C29H31N3O4. The molecule has 3 aromatic carbocycles. The van der Waals surface area contributed by atoms with Gasteiger partial charge in [0, 0.05) is 32.9 Å². The summed E-state index contributed by atoms with van der Waals surface area (Å²) in [4.78, 5) is 27.7. The van der Waals surface area contributed by atoms with Crippen molar-refractivity contribution in [2.75, 3.05) is 21.3 Å². The van der Waals surface area contributed by atoms with Gasteiger partial charge in [0.2, 0.25) is 11.8 Å². The van der Waals surface area contributed by atoms with E-state index in [1.54, 1.807) is 31.2 Å². The van der Waals surface area contributed by atoms with Gasteiger partial charge in [0.1, 0.15) is 11.5 Å². The molecule has 1 heterocycles. The molecule has 0 saturated heterocycles. The number of carbonyl (C=O) groups excluding carboxylic acids is 2. The Bertz CT molecular complexity index is 1210. The topological polar surface area (TPSA) is 71.4 Å². The molecule has 36 heavy (non-hydrogen) atoms. The Morgan fingerprint density at radius 1 is 0.889 bits per heavy atom. The van der Waals surface area contributed by atoms with E-state index in [1.807, 2.05) is 78.9 Å². The zero-order valence-corrected chi connectivity index (χ0v) is 20.9. The van der Waals surface area contributed by atoms with Gasteiger partial charge in [-0.05, 0) is 41.0 Å². The maximum Gasteiger partial charge on any atom is 0.243 e. The molecule has 0 N–H and O–H groups in total. The van der Waals surface area contributed by atoms with Crippen LogP contribution in [0.25, 0.3) is 0 Å². The summed E-state index contributed by atoms with van der Waals surface area (Å²) in [5.41, 5.74) is 3.81. The van der Waals surface area contributed by atoms with Crippen LogP contribution in [0.4, 0.5) is 0 Å². The molecule has 7 heteroatoms. The average molecular weight is 486 g/mol. The predicted molar refractivity (Wildman–Crippen MR) is 139 cm³/mol. The van der Waals surface area contributed by atoms with Crippen LogP contribution in [0, 0.1) is 0 Å². The number of benzene rings is 3. The molecule has 1 aliphatic heterocycles. The second kappa shape index (κ2) is 11.5. The van der Waals surface area contributed by atoms with Crippen LogP contribution < -0.4 is 9.47 Å². The molecule has 0 fully saturated rings. The van der Waals surface area contributed by atoms with Gasteiger partial charge < -0.3 is 14.4 Å². The van der Waals surface area contributed by atoms with Crippen LogP contribution in [0.1, 0.15) is 42.0 Å². The lowest BCUT2D eigenvalue weighted by Gasteiger charge is -2.23. The molecular weight excluding hydrogens is 454 g/mol. The Labute approximate surface area is 211 Å². The summed E-state index contributed by atoms with van der Waals surface area (Å²) in [7, 11) is 4.99. The van der Waals surface area contributed by atoms with E-state index >= 15 is 0 Å². The number of carbonyl (C=O) groups is 2. The quantitative estimate of drug-likeness (QED) is 0.436. The van der Waals surface area contributed by atoms with Crippen molar-refractivity contribution in [2.45, 2.75) is 31.8 Å². The van der Waals surface area contributed by atoms with E-state index in [0.29, 0.717) is 13.0 Å². The number of hydrogen-bond donors (Lipinski definition) is 0. The second-order valence-electron chi connectivity index (χ2n) is 8.74. The van der Waals surface area contributed by atoms with E-state index in [0.717, 1.165) is 33.9 Å². The lowest BCUT2D eigenvalue weighted by atomic mass is 9.98. The minimum Gasteiger partial charge on any atom is -0.497 e.